The van der Waals surface area contributed by atoms with Gasteiger partial charge in [-0.2, -0.15) is 5.21 Å². The van der Waals surface area contributed by atoms with Crippen molar-refractivity contribution >= 4 is 0 Å². The van der Waals surface area contributed by atoms with E-state index in [0.29, 0.717) is 18.3 Å². The molecule has 0 radical (unpaired) electrons. The second-order valence-corrected chi connectivity index (χ2v) is 10.3. The molecule has 1 aromatic carbocycles. The highest BCUT2D eigenvalue weighted by Gasteiger charge is 2.42. The van der Waals surface area contributed by atoms with Crippen molar-refractivity contribution in [3.8, 4) is 22.5 Å². The Morgan fingerprint density at radius 2 is 1.91 bits per heavy atom. The van der Waals surface area contributed by atoms with Gasteiger partial charge in [0.05, 0.1) is 17.9 Å². The zero-order chi connectivity index (χ0) is 23.4. The molecular weight excluding hydrogens is 422 g/mol. The number of aromatic amines is 1. The van der Waals surface area contributed by atoms with Gasteiger partial charge < -0.3 is 4.74 Å². The van der Waals surface area contributed by atoms with E-state index in [1.807, 2.05) is 7.11 Å². The van der Waals surface area contributed by atoms with Gasteiger partial charge in [0.2, 0.25) is 5.82 Å². The minimum absolute atomic E-state index is 0.0960. The van der Waals surface area contributed by atoms with Crippen molar-refractivity contribution in [1.82, 2.24) is 25.6 Å². The van der Waals surface area contributed by atoms with E-state index in [0.717, 1.165) is 36.9 Å². The van der Waals surface area contributed by atoms with E-state index in [4.69, 9.17) is 9.72 Å². The molecule has 2 aliphatic rings. The minimum atomic E-state index is -0.0960. The molecule has 0 bridgehead atoms. The van der Waals surface area contributed by atoms with Gasteiger partial charge >= 0.3 is 0 Å². The average molecular weight is 460 g/mol. The van der Waals surface area contributed by atoms with Gasteiger partial charge in [0.25, 0.3) is 0 Å². The molecule has 2 aromatic heterocycles. The van der Waals surface area contributed by atoms with Crippen molar-refractivity contribution < 1.29 is 4.74 Å². The SMILES string of the molecule is CCCCCC1CCc2nc(C3(COC)CCCC3)c(-c3nn[nH]n3)c(-c3ccccc3)c2C1. The highest BCUT2D eigenvalue weighted by molar-refractivity contribution is 5.86. The molecule has 1 fully saturated rings. The number of aromatic nitrogens is 5. The van der Waals surface area contributed by atoms with Gasteiger partial charge in [-0.15, -0.1) is 10.2 Å². The van der Waals surface area contributed by atoms with E-state index in [1.165, 1.54) is 67.3 Å². The van der Waals surface area contributed by atoms with Gasteiger partial charge in [0.15, 0.2) is 0 Å². The second-order valence-electron chi connectivity index (χ2n) is 10.3. The fourth-order valence-corrected chi connectivity index (χ4v) is 6.33. The number of H-pyrrole nitrogens is 1. The molecule has 3 aromatic rings. The molecule has 2 aliphatic carbocycles. The van der Waals surface area contributed by atoms with Crippen LogP contribution < -0.4 is 0 Å². The second kappa shape index (κ2) is 10.3. The smallest absolute Gasteiger partial charge is 0.207 e. The predicted octanol–water partition coefficient (Wildman–Crippen LogP) is 6.07. The number of benzene rings is 1. The average Bonchev–Trinajstić information content (AvgIpc) is 3.57. The molecule has 1 unspecified atom stereocenters. The molecule has 6 nitrogen and oxygen atoms in total. The van der Waals surface area contributed by atoms with Crippen LogP contribution in [-0.4, -0.2) is 39.3 Å². The number of ether oxygens (including phenoxy) is 1. The minimum Gasteiger partial charge on any atom is -0.384 e. The number of tetrazole rings is 1. The Kier molecular flexibility index (Phi) is 7.05. The summed E-state index contributed by atoms with van der Waals surface area (Å²) in [5, 5.41) is 15.6. The van der Waals surface area contributed by atoms with E-state index < -0.39 is 0 Å². The van der Waals surface area contributed by atoms with Crippen molar-refractivity contribution in [2.24, 2.45) is 5.92 Å². The summed E-state index contributed by atoms with van der Waals surface area (Å²) in [6.45, 7) is 2.96. The molecule has 0 amide bonds. The number of unbranched alkanes of at least 4 members (excludes halogenated alkanes) is 2. The molecule has 1 atom stereocenters. The first-order valence-corrected chi connectivity index (χ1v) is 13.1. The third-order valence-electron chi connectivity index (χ3n) is 8.00. The third kappa shape index (κ3) is 4.40. The lowest BCUT2D eigenvalue weighted by atomic mass is 9.74. The molecular formula is C28H37N5O. The van der Waals surface area contributed by atoms with E-state index in [2.05, 4.69) is 57.9 Å². The standard InChI is InChI=1S/C28H37N5O/c1-3-4-6-11-20-14-15-23-22(18-20)24(21-12-7-5-8-13-21)25(27-30-32-33-31-27)26(29-23)28(19-34-2)16-9-10-17-28/h5,7-8,12-13,20H,3-4,6,9-11,14-19H2,1-2H3,(H,30,31,32,33). The Bertz CT molecular complexity index is 1070. The zero-order valence-electron chi connectivity index (χ0n) is 20.6. The van der Waals surface area contributed by atoms with Gasteiger partial charge in [-0.05, 0) is 59.9 Å². The number of nitrogens with zero attached hydrogens (tertiary/aromatic N) is 4. The molecule has 0 spiro atoms. The topological polar surface area (TPSA) is 76.6 Å². The number of fused-ring (bicyclic) bond motifs is 1. The normalized spacial score (nSPS) is 19.3. The van der Waals surface area contributed by atoms with Crippen molar-refractivity contribution in [2.75, 3.05) is 13.7 Å². The molecule has 5 rings (SSSR count). The summed E-state index contributed by atoms with van der Waals surface area (Å²) in [7, 11) is 1.81. The zero-order valence-corrected chi connectivity index (χ0v) is 20.6. The van der Waals surface area contributed by atoms with E-state index in [-0.39, 0.29) is 5.41 Å². The number of pyridine rings is 1. The number of rotatable bonds is 9. The Morgan fingerprint density at radius 1 is 1.09 bits per heavy atom. The quantitative estimate of drug-likeness (QED) is 0.393. The highest BCUT2D eigenvalue weighted by atomic mass is 16.5. The number of hydrogen-bond acceptors (Lipinski definition) is 5. The molecule has 1 N–H and O–H groups in total. The van der Waals surface area contributed by atoms with Crippen LogP contribution in [0.1, 0.15) is 81.7 Å². The fraction of sp³-hybridized carbons (Fsp3) is 0.571. The number of hydrogen-bond donors (Lipinski definition) is 1. The first kappa shape index (κ1) is 23.2. The molecule has 0 aliphatic heterocycles. The maximum absolute atomic E-state index is 5.81. The lowest BCUT2D eigenvalue weighted by molar-refractivity contribution is 0.129. The molecule has 2 heterocycles. The van der Waals surface area contributed by atoms with Crippen LogP contribution in [0.15, 0.2) is 30.3 Å². The van der Waals surface area contributed by atoms with Crippen LogP contribution in [0.3, 0.4) is 0 Å². The summed E-state index contributed by atoms with van der Waals surface area (Å²) in [4.78, 5) is 5.46. The molecule has 0 saturated heterocycles. The van der Waals surface area contributed by atoms with Gasteiger partial charge in [-0.3, -0.25) is 4.98 Å². The summed E-state index contributed by atoms with van der Waals surface area (Å²) in [6.07, 6.45) is 13.2. The highest BCUT2D eigenvalue weighted by Crippen LogP contribution is 2.49. The van der Waals surface area contributed by atoms with Crippen molar-refractivity contribution in [1.29, 1.82) is 0 Å². The summed E-state index contributed by atoms with van der Waals surface area (Å²) < 4.78 is 5.81. The lowest BCUT2D eigenvalue weighted by Crippen LogP contribution is -2.32. The first-order chi connectivity index (χ1) is 16.8. The van der Waals surface area contributed by atoms with Gasteiger partial charge in [0, 0.05) is 18.2 Å². The molecule has 34 heavy (non-hydrogen) atoms. The maximum Gasteiger partial charge on any atom is 0.207 e. The monoisotopic (exact) mass is 459 g/mol. The van der Waals surface area contributed by atoms with Crippen LogP contribution in [0.25, 0.3) is 22.5 Å². The maximum atomic E-state index is 5.81. The fourth-order valence-electron chi connectivity index (χ4n) is 6.33. The van der Waals surface area contributed by atoms with Gasteiger partial charge in [0.1, 0.15) is 0 Å². The summed E-state index contributed by atoms with van der Waals surface area (Å²) in [5.41, 5.74) is 7.25. The number of nitrogens with one attached hydrogen (secondary N) is 1. The molecule has 6 heteroatoms. The Morgan fingerprint density at radius 3 is 2.62 bits per heavy atom. The van der Waals surface area contributed by atoms with Crippen LogP contribution in [0.4, 0.5) is 0 Å². The Balaban J connectivity index is 1.72. The summed E-state index contributed by atoms with van der Waals surface area (Å²) in [6, 6.07) is 10.8. The van der Waals surface area contributed by atoms with Gasteiger partial charge in [-0.1, -0.05) is 75.8 Å². The summed E-state index contributed by atoms with van der Waals surface area (Å²) in [5.74, 6) is 1.37. The van der Waals surface area contributed by atoms with Crippen LogP contribution in [0, 0.1) is 5.92 Å². The Hall–Kier alpha value is -2.60. The van der Waals surface area contributed by atoms with Crippen LogP contribution in [0.5, 0.6) is 0 Å². The molecule has 1 saturated carbocycles. The van der Waals surface area contributed by atoms with Crippen LogP contribution in [0.2, 0.25) is 0 Å². The van der Waals surface area contributed by atoms with Crippen molar-refractivity contribution in [3.05, 3.63) is 47.3 Å². The van der Waals surface area contributed by atoms with E-state index in [1.54, 1.807) is 0 Å². The predicted molar refractivity (Wildman–Crippen MR) is 135 cm³/mol. The Labute approximate surface area is 202 Å². The van der Waals surface area contributed by atoms with E-state index in [9.17, 15) is 0 Å². The number of methoxy groups -OCH3 is 1. The summed E-state index contributed by atoms with van der Waals surface area (Å²) >= 11 is 0. The van der Waals surface area contributed by atoms with Crippen molar-refractivity contribution in [2.45, 2.75) is 83.0 Å². The van der Waals surface area contributed by atoms with Crippen LogP contribution >= 0.6 is 0 Å². The number of aryl methyl sites for hydroxylation is 1. The largest absolute Gasteiger partial charge is 0.384 e. The lowest BCUT2D eigenvalue weighted by Gasteiger charge is -2.34. The van der Waals surface area contributed by atoms with Gasteiger partial charge in [-0.25, -0.2) is 0 Å². The third-order valence-corrected chi connectivity index (χ3v) is 8.00. The first-order valence-electron chi connectivity index (χ1n) is 13.1. The molecule has 180 valence electrons. The van der Waals surface area contributed by atoms with Crippen LogP contribution in [-0.2, 0) is 23.0 Å². The van der Waals surface area contributed by atoms with E-state index >= 15 is 0 Å². The van der Waals surface area contributed by atoms with Crippen molar-refractivity contribution in [3.63, 3.8) is 0 Å².